The third-order valence-electron chi connectivity index (χ3n) is 5.42. The topological polar surface area (TPSA) is 34.1 Å². The second-order valence-corrected chi connectivity index (χ2v) is 7.15. The van der Waals surface area contributed by atoms with Gasteiger partial charge in [-0.15, -0.1) is 0 Å². The van der Waals surface area contributed by atoms with E-state index in [1.807, 2.05) is 0 Å². The van der Waals surface area contributed by atoms with Crippen molar-refractivity contribution in [3.05, 3.63) is 46.6 Å². The number of hydrogen-bond donors (Lipinski definition) is 0. The minimum Gasteiger partial charge on any atom is -0.295 e. The van der Waals surface area contributed by atoms with E-state index >= 15 is 0 Å². The van der Waals surface area contributed by atoms with Crippen LogP contribution in [0.2, 0.25) is 0 Å². The Hall–Kier alpha value is -1.70. The van der Waals surface area contributed by atoms with Crippen LogP contribution < -0.4 is 0 Å². The van der Waals surface area contributed by atoms with Gasteiger partial charge in [0.1, 0.15) is 0 Å². The molecule has 0 fully saturated rings. The number of allylic oxidation sites excluding steroid dienone is 8. The second-order valence-electron chi connectivity index (χ2n) is 7.15. The number of rotatable bonds is 0. The Morgan fingerprint density at radius 2 is 1.00 bits per heavy atom. The van der Waals surface area contributed by atoms with Gasteiger partial charge in [0.2, 0.25) is 0 Å². The van der Waals surface area contributed by atoms with Gasteiger partial charge in [-0.05, 0) is 86.5 Å². The molecule has 3 rings (SSSR count). The molecule has 0 amide bonds. The Labute approximate surface area is 145 Å². The van der Waals surface area contributed by atoms with E-state index in [0.717, 1.165) is 62.5 Å². The van der Waals surface area contributed by atoms with Crippen molar-refractivity contribution in [2.45, 2.75) is 77.0 Å². The van der Waals surface area contributed by atoms with E-state index in [0.29, 0.717) is 24.4 Å². The molecule has 3 aliphatic rings. The van der Waals surface area contributed by atoms with Gasteiger partial charge in [0.15, 0.2) is 11.6 Å². The molecule has 0 spiro atoms. The summed E-state index contributed by atoms with van der Waals surface area (Å²) in [5.74, 6) is 0.686. The molecule has 0 aromatic rings. The fourth-order valence-electron chi connectivity index (χ4n) is 4.01. The summed E-state index contributed by atoms with van der Waals surface area (Å²) in [4.78, 5) is 24.2. The quantitative estimate of drug-likeness (QED) is 0.585. The third-order valence-corrected chi connectivity index (χ3v) is 5.42. The van der Waals surface area contributed by atoms with E-state index in [-0.39, 0.29) is 0 Å². The highest BCUT2D eigenvalue weighted by Crippen LogP contribution is 2.31. The van der Waals surface area contributed by atoms with E-state index in [4.69, 9.17) is 0 Å². The van der Waals surface area contributed by atoms with Crippen LogP contribution in [0.15, 0.2) is 46.6 Å². The zero-order valence-corrected chi connectivity index (χ0v) is 14.6. The molecular weight excluding hydrogens is 296 g/mol. The van der Waals surface area contributed by atoms with Crippen LogP contribution >= 0.6 is 0 Å². The minimum atomic E-state index is 0.343. The smallest absolute Gasteiger partial charge is 0.159 e. The Balaban J connectivity index is 1.72. The summed E-state index contributed by atoms with van der Waals surface area (Å²) in [5, 5.41) is 0. The molecule has 2 nitrogen and oxygen atoms in total. The normalized spacial score (nSPS) is 26.5. The van der Waals surface area contributed by atoms with Crippen molar-refractivity contribution in [2.24, 2.45) is 0 Å². The van der Waals surface area contributed by atoms with Gasteiger partial charge in [0, 0.05) is 12.8 Å². The highest BCUT2D eigenvalue weighted by atomic mass is 16.1. The lowest BCUT2D eigenvalue weighted by atomic mass is 9.98. The van der Waals surface area contributed by atoms with E-state index in [1.54, 1.807) is 0 Å². The van der Waals surface area contributed by atoms with Crippen molar-refractivity contribution in [3.8, 4) is 0 Å². The SMILES string of the molecule is O=C1CCC2=C1CCCCC1=C(/C=C/CCCC/C=C/2)CCC1=O. The molecule has 24 heavy (non-hydrogen) atoms. The maximum atomic E-state index is 12.1. The second kappa shape index (κ2) is 8.41. The molecule has 0 heterocycles. The van der Waals surface area contributed by atoms with E-state index < -0.39 is 0 Å². The van der Waals surface area contributed by atoms with Crippen LogP contribution in [0.25, 0.3) is 0 Å². The van der Waals surface area contributed by atoms with Gasteiger partial charge in [-0.1, -0.05) is 24.3 Å². The summed E-state index contributed by atoms with van der Waals surface area (Å²) in [7, 11) is 0. The summed E-state index contributed by atoms with van der Waals surface area (Å²) >= 11 is 0. The average Bonchev–Trinajstić information content (AvgIpc) is 3.09. The first-order valence-electron chi connectivity index (χ1n) is 9.59. The fourth-order valence-corrected chi connectivity index (χ4v) is 4.01. The number of carbonyl (C=O) groups is 2. The Kier molecular flexibility index (Phi) is 6.01. The molecule has 0 aromatic heterocycles. The molecule has 0 aromatic carbocycles. The first-order valence-corrected chi connectivity index (χ1v) is 9.59. The third kappa shape index (κ3) is 4.23. The van der Waals surface area contributed by atoms with E-state index in [9.17, 15) is 9.59 Å². The van der Waals surface area contributed by atoms with E-state index in [1.165, 1.54) is 24.0 Å². The first kappa shape index (κ1) is 17.1. The van der Waals surface area contributed by atoms with Gasteiger partial charge in [-0.25, -0.2) is 0 Å². The van der Waals surface area contributed by atoms with Crippen LogP contribution in [-0.2, 0) is 9.59 Å². The summed E-state index contributed by atoms with van der Waals surface area (Å²) in [6.45, 7) is 0. The zero-order chi connectivity index (χ0) is 16.8. The minimum absolute atomic E-state index is 0.343. The Morgan fingerprint density at radius 3 is 1.46 bits per heavy atom. The predicted molar refractivity (Wildman–Crippen MR) is 97.8 cm³/mol. The summed E-state index contributed by atoms with van der Waals surface area (Å²) < 4.78 is 0. The molecule has 0 radical (unpaired) electrons. The van der Waals surface area contributed by atoms with Crippen molar-refractivity contribution in [3.63, 3.8) is 0 Å². The maximum Gasteiger partial charge on any atom is 0.159 e. The molecule has 3 aliphatic carbocycles. The van der Waals surface area contributed by atoms with Crippen LogP contribution in [0.4, 0.5) is 0 Å². The van der Waals surface area contributed by atoms with Crippen molar-refractivity contribution < 1.29 is 9.59 Å². The lowest BCUT2D eigenvalue weighted by Crippen LogP contribution is -1.99. The first-order chi connectivity index (χ1) is 11.8. The molecule has 0 saturated carbocycles. The zero-order valence-electron chi connectivity index (χ0n) is 14.6. The van der Waals surface area contributed by atoms with Crippen molar-refractivity contribution in [1.82, 2.24) is 0 Å². The molecule has 0 aliphatic heterocycles. The van der Waals surface area contributed by atoms with Gasteiger partial charge >= 0.3 is 0 Å². The highest BCUT2D eigenvalue weighted by Gasteiger charge is 2.22. The molecular formula is C22H28O2. The molecule has 0 unspecified atom stereocenters. The summed E-state index contributed by atoms with van der Waals surface area (Å²) in [6, 6.07) is 0. The molecule has 0 bridgehead atoms. The number of carbonyl (C=O) groups excluding carboxylic acids is 2. The van der Waals surface area contributed by atoms with Crippen LogP contribution in [-0.4, -0.2) is 11.6 Å². The van der Waals surface area contributed by atoms with Gasteiger partial charge in [-0.3, -0.25) is 9.59 Å². The van der Waals surface area contributed by atoms with Crippen LogP contribution in [0.5, 0.6) is 0 Å². The predicted octanol–water partition coefficient (Wildman–Crippen LogP) is 5.55. The van der Waals surface area contributed by atoms with Crippen molar-refractivity contribution in [2.75, 3.05) is 0 Å². The van der Waals surface area contributed by atoms with Gasteiger partial charge < -0.3 is 0 Å². The van der Waals surface area contributed by atoms with Crippen LogP contribution in [0.3, 0.4) is 0 Å². The van der Waals surface area contributed by atoms with Gasteiger partial charge in [0.25, 0.3) is 0 Å². The molecule has 2 heteroatoms. The Morgan fingerprint density at radius 1 is 0.542 bits per heavy atom. The fraction of sp³-hybridized carbons (Fsp3) is 0.545. The largest absolute Gasteiger partial charge is 0.295 e. The molecule has 0 atom stereocenters. The molecule has 128 valence electrons. The van der Waals surface area contributed by atoms with Crippen molar-refractivity contribution >= 4 is 11.6 Å². The lowest BCUT2D eigenvalue weighted by molar-refractivity contribution is -0.115. The number of hydrogen-bond acceptors (Lipinski definition) is 2. The molecule has 0 N–H and O–H groups in total. The van der Waals surface area contributed by atoms with Crippen LogP contribution in [0, 0.1) is 0 Å². The Bertz CT molecular complexity index is 572. The number of ketones is 2. The van der Waals surface area contributed by atoms with E-state index in [2.05, 4.69) is 24.3 Å². The van der Waals surface area contributed by atoms with Crippen LogP contribution in [0.1, 0.15) is 77.0 Å². The standard InChI is InChI=1S/C22H28O2/c23-21-15-13-17-9-5-3-1-2-4-6-10-18-14-16-22(24)20(18)12-8-7-11-19(17)21/h5-6,9-10H,1-4,7-8,11-16H2/b9-5+,10-6+. The van der Waals surface area contributed by atoms with Gasteiger partial charge in [-0.2, -0.15) is 0 Å². The average molecular weight is 324 g/mol. The van der Waals surface area contributed by atoms with Gasteiger partial charge in [0.05, 0.1) is 0 Å². The molecule has 0 saturated heterocycles. The lowest BCUT2D eigenvalue weighted by Gasteiger charge is -2.06. The number of Topliss-reactive ketones (excluding diaryl/α,β-unsaturated/α-hetero) is 2. The summed E-state index contributed by atoms with van der Waals surface area (Å²) in [6.07, 6.45) is 20.4. The monoisotopic (exact) mass is 324 g/mol. The highest BCUT2D eigenvalue weighted by molar-refractivity contribution is 5.99. The summed E-state index contributed by atoms with van der Waals surface area (Å²) in [5.41, 5.74) is 4.66. The maximum absolute atomic E-state index is 12.1. The van der Waals surface area contributed by atoms with Crippen molar-refractivity contribution in [1.29, 1.82) is 0 Å².